The Hall–Kier alpha value is -1.58. The maximum Gasteiger partial charge on any atom is 0.318 e. The molecule has 0 aliphatic carbocycles. The third-order valence-electron chi connectivity index (χ3n) is 1.66. The molecule has 0 bridgehead atoms. The molecule has 4 heteroatoms. The third kappa shape index (κ3) is 2.43. The molecule has 0 aliphatic heterocycles. The smallest absolute Gasteiger partial charge is 0.318 e. The van der Waals surface area contributed by atoms with Gasteiger partial charge in [-0.05, 0) is 30.7 Å². The van der Waals surface area contributed by atoms with Gasteiger partial charge in [0.15, 0.2) is 0 Å². The van der Waals surface area contributed by atoms with Crippen molar-refractivity contribution < 1.29 is 9.18 Å². The Morgan fingerprint density at radius 2 is 2.15 bits per heavy atom. The van der Waals surface area contributed by atoms with E-state index in [0.717, 1.165) is 0 Å². The first-order valence-corrected chi connectivity index (χ1v) is 3.88. The molecular weight excluding hydrogens is 171 g/mol. The van der Waals surface area contributed by atoms with Crippen LogP contribution in [-0.2, 0) is 0 Å². The lowest BCUT2D eigenvalue weighted by atomic mass is 10.2. The number of anilines is 1. The number of rotatable bonds is 1. The van der Waals surface area contributed by atoms with Gasteiger partial charge in [0.05, 0.1) is 0 Å². The highest BCUT2D eigenvalue weighted by molar-refractivity contribution is 5.89. The van der Waals surface area contributed by atoms with Crippen LogP contribution in [-0.4, -0.2) is 13.1 Å². The average molecular weight is 182 g/mol. The molecule has 0 atom stereocenters. The molecule has 1 aromatic carbocycles. The van der Waals surface area contributed by atoms with Gasteiger partial charge in [0.1, 0.15) is 5.82 Å². The van der Waals surface area contributed by atoms with Crippen LogP contribution < -0.4 is 10.6 Å². The summed E-state index contributed by atoms with van der Waals surface area (Å²) in [4.78, 5) is 10.9. The van der Waals surface area contributed by atoms with Gasteiger partial charge in [-0.1, -0.05) is 0 Å². The molecule has 0 fully saturated rings. The molecule has 1 rings (SSSR count). The van der Waals surface area contributed by atoms with Crippen molar-refractivity contribution in [1.29, 1.82) is 0 Å². The molecule has 0 aromatic heterocycles. The summed E-state index contributed by atoms with van der Waals surface area (Å²) in [5.74, 6) is -0.306. The number of carbonyl (C=O) groups excluding carboxylic acids is 1. The van der Waals surface area contributed by atoms with E-state index in [9.17, 15) is 9.18 Å². The van der Waals surface area contributed by atoms with Crippen molar-refractivity contribution in [2.45, 2.75) is 6.92 Å². The molecule has 0 spiro atoms. The Labute approximate surface area is 76.0 Å². The van der Waals surface area contributed by atoms with Gasteiger partial charge < -0.3 is 10.6 Å². The van der Waals surface area contributed by atoms with E-state index in [0.29, 0.717) is 11.3 Å². The lowest BCUT2D eigenvalue weighted by Gasteiger charge is -2.06. The van der Waals surface area contributed by atoms with Gasteiger partial charge in [0, 0.05) is 12.7 Å². The first kappa shape index (κ1) is 9.51. The van der Waals surface area contributed by atoms with Crippen molar-refractivity contribution in [3.8, 4) is 0 Å². The van der Waals surface area contributed by atoms with Crippen molar-refractivity contribution >= 4 is 11.7 Å². The van der Waals surface area contributed by atoms with Gasteiger partial charge in [-0.3, -0.25) is 0 Å². The van der Waals surface area contributed by atoms with Crippen molar-refractivity contribution in [2.75, 3.05) is 12.4 Å². The van der Waals surface area contributed by atoms with Crippen LogP contribution in [0.5, 0.6) is 0 Å². The van der Waals surface area contributed by atoms with Crippen LogP contribution >= 0.6 is 0 Å². The van der Waals surface area contributed by atoms with E-state index in [2.05, 4.69) is 10.6 Å². The van der Waals surface area contributed by atoms with Crippen molar-refractivity contribution in [1.82, 2.24) is 5.32 Å². The molecule has 3 nitrogen and oxygen atoms in total. The van der Waals surface area contributed by atoms with E-state index >= 15 is 0 Å². The molecule has 2 N–H and O–H groups in total. The fourth-order valence-corrected chi connectivity index (χ4v) is 0.952. The molecule has 0 saturated heterocycles. The van der Waals surface area contributed by atoms with Gasteiger partial charge in [0.2, 0.25) is 0 Å². The van der Waals surface area contributed by atoms with Crippen molar-refractivity contribution in [3.63, 3.8) is 0 Å². The van der Waals surface area contributed by atoms with Crippen LogP contribution in [0, 0.1) is 12.7 Å². The minimum Gasteiger partial charge on any atom is -0.341 e. The molecule has 2 amide bonds. The van der Waals surface area contributed by atoms with Crippen LogP contribution in [0.1, 0.15) is 5.56 Å². The molecular formula is C9H11FN2O. The number of hydrogen-bond acceptors (Lipinski definition) is 1. The molecule has 13 heavy (non-hydrogen) atoms. The average Bonchev–Trinajstić information content (AvgIpc) is 2.09. The largest absolute Gasteiger partial charge is 0.341 e. The Balaban J connectivity index is 2.83. The summed E-state index contributed by atoms with van der Waals surface area (Å²) in [5, 5.41) is 4.98. The van der Waals surface area contributed by atoms with Gasteiger partial charge in [-0.25, -0.2) is 9.18 Å². The maximum absolute atomic E-state index is 12.6. The summed E-state index contributed by atoms with van der Waals surface area (Å²) in [5.41, 5.74) is 1.31. The summed E-state index contributed by atoms with van der Waals surface area (Å²) in [7, 11) is 1.52. The van der Waals surface area contributed by atoms with Crippen LogP contribution in [0.25, 0.3) is 0 Å². The number of aryl methyl sites for hydroxylation is 1. The van der Waals surface area contributed by atoms with E-state index in [1.165, 1.54) is 25.2 Å². The fraction of sp³-hybridized carbons (Fsp3) is 0.222. The summed E-state index contributed by atoms with van der Waals surface area (Å²) in [6, 6.07) is 3.89. The highest BCUT2D eigenvalue weighted by Gasteiger charge is 2.02. The van der Waals surface area contributed by atoms with Crippen molar-refractivity contribution in [3.05, 3.63) is 29.6 Å². The minimum absolute atomic E-state index is 0.306. The zero-order valence-electron chi connectivity index (χ0n) is 7.52. The number of amides is 2. The Kier molecular flexibility index (Phi) is 2.84. The number of nitrogens with one attached hydrogen (secondary N) is 2. The Morgan fingerprint density at radius 3 is 2.69 bits per heavy atom. The van der Waals surface area contributed by atoms with E-state index in [1.807, 2.05) is 0 Å². The second kappa shape index (κ2) is 3.89. The lowest BCUT2D eigenvalue weighted by Crippen LogP contribution is -2.24. The minimum atomic E-state index is -0.310. The van der Waals surface area contributed by atoms with Crippen molar-refractivity contribution in [2.24, 2.45) is 0 Å². The van der Waals surface area contributed by atoms with Crippen LogP contribution in [0.3, 0.4) is 0 Å². The molecule has 0 aliphatic rings. The maximum atomic E-state index is 12.6. The van der Waals surface area contributed by atoms with Gasteiger partial charge in [-0.2, -0.15) is 0 Å². The van der Waals surface area contributed by atoms with Crippen LogP contribution in [0.2, 0.25) is 0 Å². The van der Waals surface area contributed by atoms with E-state index in [4.69, 9.17) is 0 Å². The monoisotopic (exact) mass is 182 g/mol. The van der Waals surface area contributed by atoms with Crippen LogP contribution in [0.4, 0.5) is 14.9 Å². The highest BCUT2D eigenvalue weighted by Crippen LogP contribution is 2.15. The summed E-state index contributed by atoms with van der Waals surface area (Å²) in [6.45, 7) is 1.73. The van der Waals surface area contributed by atoms with Gasteiger partial charge in [-0.15, -0.1) is 0 Å². The van der Waals surface area contributed by atoms with E-state index < -0.39 is 0 Å². The summed E-state index contributed by atoms with van der Waals surface area (Å²) < 4.78 is 12.6. The molecule has 1 aromatic rings. The number of hydrogen-bond donors (Lipinski definition) is 2. The number of carbonyl (C=O) groups is 1. The molecule has 0 radical (unpaired) electrons. The second-order valence-corrected chi connectivity index (χ2v) is 2.66. The summed E-state index contributed by atoms with van der Waals surface area (Å²) >= 11 is 0. The second-order valence-electron chi connectivity index (χ2n) is 2.66. The number of urea groups is 1. The zero-order valence-corrected chi connectivity index (χ0v) is 7.52. The quantitative estimate of drug-likeness (QED) is 0.684. The standard InChI is InChI=1S/C9H11FN2O/c1-6-5-7(10)3-4-8(6)12-9(13)11-2/h3-5H,1-2H3,(H2,11,12,13). The SMILES string of the molecule is CNC(=O)Nc1ccc(F)cc1C. The third-order valence-corrected chi connectivity index (χ3v) is 1.66. The molecule has 0 unspecified atom stereocenters. The zero-order chi connectivity index (χ0) is 9.84. The predicted molar refractivity (Wildman–Crippen MR) is 49.2 cm³/mol. The van der Waals surface area contributed by atoms with Gasteiger partial charge in [0.25, 0.3) is 0 Å². The number of benzene rings is 1. The highest BCUT2D eigenvalue weighted by atomic mass is 19.1. The first-order chi connectivity index (χ1) is 6.13. The lowest BCUT2D eigenvalue weighted by molar-refractivity contribution is 0.254. The topological polar surface area (TPSA) is 41.1 Å². The molecule has 0 saturated carbocycles. The fourth-order valence-electron chi connectivity index (χ4n) is 0.952. The molecule has 70 valence electrons. The van der Waals surface area contributed by atoms with Gasteiger partial charge >= 0.3 is 6.03 Å². The first-order valence-electron chi connectivity index (χ1n) is 3.88. The normalized spacial score (nSPS) is 9.46. The Bertz CT molecular complexity index is 325. The molecule has 0 heterocycles. The number of halogens is 1. The van der Waals surface area contributed by atoms with E-state index in [-0.39, 0.29) is 11.8 Å². The Morgan fingerprint density at radius 1 is 1.46 bits per heavy atom. The predicted octanol–water partition coefficient (Wildman–Crippen LogP) is 1.89. The van der Waals surface area contributed by atoms with Crippen LogP contribution in [0.15, 0.2) is 18.2 Å². The summed E-state index contributed by atoms with van der Waals surface area (Å²) in [6.07, 6.45) is 0. The van der Waals surface area contributed by atoms with E-state index in [1.54, 1.807) is 6.92 Å².